The third kappa shape index (κ3) is 3.15. The van der Waals surface area contributed by atoms with Crippen LogP contribution in [0.1, 0.15) is 10.4 Å². The molecule has 0 bridgehead atoms. The van der Waals surface area contributed by atoms with Gasteiger partial charge in [-0.2, -0.15) is 0 Å². The van der Waals surface area contributed by atoms with Gasteiger partial charge in [-0.15, -0.1) is 0 Å². The molecule has 0 spiro atoms. The molecule has 19 heavy (non-hydrogen) atoms. The normalized spacial score (nSPS) is 10.2. The molecule has 98 valence electrons. The van der Waals surface area contributed by atoms with Crippen LogP contribution in [-0.2, 0) is 0 Å². The van der Waals surface area contributed by atoms with Gasteiger partial charge in [-0.3, -0.25) is 4.79 Å². The highest BCUT2D eigenvalue weighted by atomic mass is 79.9. The van der Waals surface area contributed by atoms with Crippen molar-refractivity contribution in [1.82, 2.24) is 4.98 Å². The zero-order valence-electron chi connectivity index (χ0n) is 9.65. The Morgan fingerprint density at radius 1 is 1.37 bits per heavy atom. The van der Waals surface area contributed by atoms with Crippen molar-refractivity contribution in [3.05, 3.63) is 45.5 Å². The third-order valence-electron chi connectivity index (χ3n) is 2.36. The molecule has 0 unspecified atom stereocenters. The second-order valence-electron chi connectivity index (χ2n) is 3.78. The van der Waals surface area contributed by atoms with Crippen molar-refractivity contribution < 1.29 is 4.79 Å². The number of nitrogens with one attached hydrogen (secondary N) is 1. The number of hydrogen-bond donors (Lipinski definition) is 3. The van der Waals surface area contributed by atoms with Crippen LogP contribution in [0.2, 0.25) is 5.02 Å². The molecule has 5 nitrogen and oxygen atoms in total. The summed E-state index contributed by atoms with van der Waals surface area (Å²) < 4.78 is 0.843. The number of hydrogen-bond acceptors (Lipinski definition) is 4. The van der Waals surface area contributed by atoms with Gasteiger partial charge < -0.3 is 16.8 Å². The Kier molecular flexibility index (Phi) is 3.92. The summed E-state index contributed by atoms with van der Waals surface area (Å²) >= 11 is 9.40. The molecule has 0 saturated heterocycles. The second kappa shape index (κ2) is 5.46. The summed E-state index contributed by atoms with van der Waals surface area (Å²) in [6, 6.07) is 6.75. The number of nitrogens with zero attached hydrogens (tertiary/aromatic N) is 1. The Bertz CT molecular complexity index is 648. The molecule has 2 aromatic rings. The summed E-state index contributed by atoms with van der Waals surface area (Å²) in [6.07, 6.45) is 1.43. The fourth-order valence-electron chi connectivity index (χ4n) is 1.49. The van der Waals surface area contributed by atoms with Crippen LogP contribution in [0.5, 0.6) is 0 Å². The van der Waals surface area contributed by atoms with E-state index in [0.717, 1.165) is 4.47 Å². The van der Waals surface area contributed by atoms with Gasteiger partial charge in [-0.1, -0.05) is 27.5 Å². The molecule has 1 amide bonds. The minimum atomic E-state index is -0.617. The molecule has 7 heteroatoms. The van der Waals surface area contributed by atoms with Crippen molar-refractivity contribution in [3.63, 3.8) is 0 Å². The lowest BCUT2D eigenvalue weighted by Gasteiger charge is -2.11. The van der Waals surface area contributed by atoms with Crippen LogP contribution in [0, 0.1) is 0 Å². The van der Waals surface area contributed by atoms with E-state index in [0.29, 0.717) is 22.2 Å². The summed E-state index contributed by atoms with van der Waals surface area (Å²) in [4.78, 5) is 15.4. The zero-order valence-corrected chi connectivity index (χ0v) is 12.0. The molecule has 0 atom stereocenters. The van der Waals surface area contributed by atoms with Gasteiger partial charge in [0.25, 0.3) is 5.91 Å². The number of pyridine rings is 1. The SMILES string of the molecule is NC(=O)c1cc(N)cnc1Nc1cc(Br)ccc1Cl. The lowest BCUT2D eigenvalue weighted by atomic mass is 10.2. The molecule has 2 rings (SSSR count). The first-order valence-corrected chi connectivity index (χ1v) is 6.42. The molecular formula is C12H10BrClN4O. The first kappa shape index (κ1) is 13.6. The number of halogens is 2. The maximum atomic E-state index is 11.4. The molecule has 0 radical (unpaired) electrons. The Labute approximate surface area is 123 Å². The van der Waals surface area contributed by atoms with Crippen molar-refractivity contribution in [2.24, 2.45) is 5.73 Å². The number of primary amides is 1. The number of carbonyl (C=O) groups is 1. The van der Waals surface area contributed by atoms with Gasteiger partial charge >= 0.3 is 0 Å². The van der Waals surface area contributed by atoms with E-state index in [1.807, 2.05) is 0 Å². The van der Waals surface area contributed by atoms with Crippen molar-refractivity contribution in [3.8, 4) is 0 Å². The number of rotatable bonds is 3. The summed E-state index contributed by atoms with van der Waals surface area (Å²) in [5.74, 6) is -0.310. The highest BCUT2D eigenvalue weighted by Crippen LogP contribution is 2.29. The van der Waals surface area contributed by atoms with E-state index in [-0.39, 0.29) is 5.56 Å². The van der Waals surface area contributed by atoms with Crippen LogP contribution in [0.15, 0.2) is 34.9 Å². The molecule has 0 aliphatic heterocycles. The van der Waals surface area contributed by atoms with E-state index >= 15 is 0 Å². The van der Waals surface area contributed by atoms with Gasteiger partial charge in [0.2, 0.25) is 0 Å². The number of amides is 1. The second-order valence-corrected chi connectivity index (χ2v) is 5.10. The number of benzene rings is 1. The van der Waals surface area contributed by atoms with Crippen molar-refractivity contribution in [2.75, 3.05) is 11.1 Å². The number of nitrogens with two attached hydrogens (primary N) is 2. The fourth-order valence-corrected chi connectivity index (χ4v) is 2.02. The zero-order chi connectivity index (χ0) is 14.0. The Morgan fingerprint density at radius 3 is 2.79 bits per heavy atom. The third-order valence-corrected chi connectivity index (χ3v) is 3.18. The van der Waals surface area contributed by atoms with E-state index in [4.69, 9.17) is 23.1 Å². The minimum absolute atomic E-state index is 0.205. The number of nitrogen functional groups attached to an aromatic ring is 1. The molecular weight excluding hydrogens is 332 g/mol. The van der Waals surface area contributed by atoms with E-state index in [1.165, 1.54) is 12.3 Å². The largest absolute Gasteiger partial charge is 0.397 e. The van der Waals surface area contributed by atoms with Crippen LogP contribution >= 0.6 is 27.5 Å². The molecule has 0 aliphatic carbocycles. The highest BCUT2D eigenvalue weighted by molar-refractivity contribution is 9.10. The molecule has 0 aliphatic rings. The summed E-state index contributed by atoms with van der Waals surface area (Å²) in [5.41, 5.74) is 12.0. The Balaban J connectivity index is 2.43. The smallest absolute Gasteiger partial charge is 0.252 e. The van der Waals surface area contributed by atoms with E-state index in [9.17, 15) is 4.79 Å². The van der Waals surface area contributed by atoms with Crippen LogP contribution in [0.4, 0.5) is 17.2 Å². The predicted molar refractivity (Wildman–Crippen MR) is 79.6 cm³/mol. The lowest BCUT2D eigenvalue weighted by Crippen LogP contribution is -2.15. The topological polar surface area (TPSA) is 94.0 Å². The minimum Gasteiger partial charge on any atom is -0.397 e. The lowest BCUT2D eigenvalue weighted by molar-refractivity contribution is 0.100. The summed E-state index contributed by atoms with van der Waals surface area (Å²) in [7, 11) is 0. The van der Waals surface area contributed by atoms with Crippen molar-refractivity contribution in [2.45, 2.75) is 0 Å². The predicted octanol–water partition coefficient (Wildman–Crippen LogP) is 2.92. The summed E-state index contributed by atoms with van der Waals surface area (Å²) in [6.45, 7) is 0. The first-order valence-electron chi connectivity index (χ1n) is 5.25. The quantitative estimate of drug-likeness (QED) is 0.800. The Hall–Kier alpha value is -1.79. The number of aromatic nitrogens is 1. The van der Waals surface area contributed by atoms with E-state index in [2.05, 4.69) is 26.2 Å². The fraction of sp³-hybridized carbons (Fsp3) is 0. The van der Waals surface area contributed by atoms with Crippen LogP contribution in [0.3, 0.4) is 0 Å². The Morgan fingerprint density at radius 2 is 2.11 bits per heavy atom. The van der Waals surface area contributed by atoms with Gasteiger partial charge in [-0.25, -0.2) is 4.98 Å². The highest BCUT2D eigenvalue weighted by Gasteiger charge is 2.12. The average molecular weight is 342 g/mol. The van der Waals surface area contributed by atoms with Crippen LogP contribution in [0.25, 0.3) is 0 Å². The maximum absolute atomic E-state index is 11.4. The summed E-state index contributed by atoms with van der Waals surface area (Å²) in [5, 5.41) is 3.46. The monoisotopic (exact) mass is 340 g/mol. The van der Waals surface area contributed by atoms with Crippen LogP contribution < -0.4 is 16.8 Å². The average Bonchev–Trinajstić information content (AvgIpc) is 2.35. The molecule has 1 aromatic carbocycles. The van der Waals surface area contributed by atoms with Gasteiger partial charge in [0.1, 0.15) is 5.82 Å². The van der Waals surface area contributed by atoms with Crippen molar-refractivity contribution >= 4 is 50.6 Å². The van der Waals surface area contributed by atoms with Gasteiger partial charge in [0, 0.05) is 4.47 Å². The van der Waals surface area contributed by atoms with Crippen LogP contribution in [-0.4, -0.2) is 10.9 Å². The van der Waals surface area contributed by atoms with Gasteiger partial charge in [-0.05, 0) is 24.3 Å². The molecule has 5 N–H and O–H groups in total. The van der Waals surface area contributed by atoms with E-state index < -0.39 is 5.91 Å². The van der Waals surface area contributed by atoms with Gasteiger partial charge in [0.05, 0.1) is 28.2 Å². The maximum Gasteiger partial charge on any atom is 0.252 e. The standard InChI is InChI=1S/C12H10BrClN4O/c13-6-1-2-9(14)10(3-6)18-12-8(11(16)19)4-7(15)5-17-12/h1-5H,15H2,(H2,16,19)(H,17,18). The van der Waals surface area contributed by atoms with E-state index in [1.54, 1.807) is 18.2 Å². The number of carbonyl (C=O) groups excluding carboxylic acids is 1. The number of anilines is 3. The van der Waals surface area contributed by atoms with Gasteiger partial charge in [0.15, 0.2) is 0 Å². The molecule has 1 aromatic heterocycles. The van der Waals surface area contributed by atoms with Crippen molar-refractivity contribution in [1.29, 1.82) is 0 Å². The molecule has 0 saturated carbocycles. The molecule has 1 heterocycles. The molecule has 0 fully saturated rings. The first-order chi connectivity index (χ1) is 8.97.